The smallest absolute Gasteiger partial charge is 0.174 e. The third-order valence-corrected chi connectivity index (χ3v) is 1.65. The van der Waals surface area contributed by atoms with Gasteiger partial charge >= 0.3 is 0 Å². The van der Waals surface area contributed by atoms with Crippen LogP contribution in [0.25, 0.3) is 0 Å². The molecule has 0 aromatic carbocycles. The Morgan fingerprint density at radius 3 is 2.90 bits per heavy atom. The molecule has 0 saturated carbocycles. The van der Waals surface area contributed by atoms with E-state index < -0.39 is 0 Å². The molecule has 1 aromatic rings. The number of tetrazole rings is 1. The number of aryl methyl sites for hydroxylation is 1. The third kappa shape index (κ3) is 2.40. The van der Waals surface area contributed by atoms with E-state index in [0.29, 0.717) is 0 Å². The fourth-order valence-electron chi connectivity index (χ4n) is 0.716. The number of hydrogen-bond donors (Lipinski definition) is 1. The van der Waals surface area contributed by atoms with Gasteiger partial charge in [-0.15, -0.1) is 19.4 Å². The Bertz CT molecular complexity index is 162. The van der Waals surface area contributed by atoms with Crippen molar-refractivity contribution in [2.75, 3.05) is 6.16 Å². The second-order valence-electron chi connectivity index (χ2n) is 2.07. The highest BCUT2D eigenvalue weighted by molar-refractivity contribution is 7.16. The number of hydrogen-bond acceptors (Lipinski definition) is 3. The number of rotatable bonds is 4. The van der Waals surface area contributed by atoms with Crippen LogP contribution in [0.1, 0.15) is 18.7 Å². The van der Waals surface area contributed by atoms with Gasteiger partial charge in [-0.2, -0.15) is 5.21 Å². The van der Waals surface area contributed by atoms with Gasteiger partial charge in [0.1, 0.15) is 0 Å². The average molecular weight is 158 g/mol. The molecule has 1 N–H and O–H groups in total. The molecule has 4 nitrogen and oxygen atoms in total. The highest BCUT2D eigenvalue weighted by Crippen LogP contribution is 1.98. The van der Waals surface area contributed by atoms with Crippen LogP contribution in [0.15, 0.2) is 0 Å². The number of aromatic amines is 1. The molecule has 1 atom stereocenters. The van der Waals surface area contributed by atoms with Gasteiger partial charge in [0.05, 0.1) is 0 Å². The lowest BCUT2D eigenvalue weighted by molar-refractivity contribution is 0.760. The number of nitrogens with one attached hydrogen (secondary N) is 1. The van der Waals surface area contributed by atoms with Gasteiger partial charge in [0.25, 0.3) is 0 Å². The van der Waals surface area contributed by atoms with Crippen LogP contribution in [-0.4, -0.2) is 26.8 Å². The Kier molecular flexibility index (Phi) is 3.30. The van der Waals surface area contributed by atoms with Crippen molar-refractivity contribution in [3.05, 3.63) is 5.82 Å². The summed E-state index contributed by atoms with van der Waals surface area (Å²) in [6.45, 7) is 0. The minimum Gasteiger partial charge on any atom is -0.177 e. The molecule has 0 bridgehead atoms. The van der Waals surface area contributed by atoms with E-state index >= 15 is 0 Å². The molecule has 0 fully saturated rings. The molecular formula is C5H11N4P. The summed E-state index contributed by atoms with van der Waals surface area (Å²) in [6, 6.07) is 0. The van der Waals surface area contributed by atoms with E-state index in [-0.39, 0.29) is 0 Å². The Morgan fingerprint density at radius 2 is 2.30 bits per heavy atom. The van der Waals surface area contributed by atoms with Crippen LogP contribution in [0, 0.1) is 0 Å². The van der Waals surface area contributed by atoms with Gasteiger partial charge in [-0.3, -0.25) is 0 Å². The zero-order valence-corrected chi connectivity index (χ0v) is 6.90. The summed E-state index contributed by atoms with van der Waals surface area (Å²) in [4.78, 5) is 0. The Morgan fingerprint density at radius 1 is 1.40 bits per heavy atom. The normalized spacial score (nSPS) is 10.1. The molecule has 10 heavy (non-hydrogen) atoms. The van der Waals surface area contributed by atoms with Gasteiger partial charge in [-0.1, -0.05) is 5.21 Å². The van der Waals surface area contributed by atoms with Crippen LogP contribution in [0.5, 0.6) is 0 Å². The Balaban J connectivity index is 2.15. The largest absolute Gasteiger partial charge is 0.177 e. The van der Waals surface area contributed by atoms with Crippen molar-refractivity contribution >= 4 is 9.24 Å². The molecule has 0 spiro atoms. The van der Waals surface area contributed by atoms with Crippen LogP contribution in [0.3, 0.4) is 0 Å². The minimum absolute atomic E-state index is 0.818. The molecule has 56 valence electrons. The maximum atomic E-state index is 3.83. The second kappa shape index (κ2) is 4.34. The van der Waals surface area contributed by atoms with Crippen molar-refractivity contribution in [1.82, 2.24) is 20.6 Å². The molecule has 1 rings (SSSR count). The standard InChI is InChI=1S/C5H11N4P/c10-4-2-1-3-5-6-8-9-7-5/h1-4,10H2,(H,6,7,8,9). The van der Waals surface area contributed by atoms with Crippen molar-refractivity contribution in [2.45, 2.75) is 19.3 Å². The first-order valence-corrected chi connectivity index (χ1v) is 4.17. The first-order chi connectivity index (χ1) is 4.93. The first kappa shape index (κ1) is 7.61. The van der Waals surface area contributed by atoms with Gasteiger partial charge in [0, 0.05) is 6.42 Å². The highest BCUT2D eigenvalue weighted by Gasteiger charge is 1.95. The zero-order valence-electron chi connectivity index (χ0n) is 5.75. The van der Waals surface area contributed by atoms with E-state index in [9.17, 15) is 0 Å². The van der Waals surface area contributed by atoms with Crippen LogP contribution in [0.2, 0.25) is 0 Å². The Labute approximate surface area is 62.0 Å². The van der Waals surface area contributed by atoms with Crippen molar-refractivity contribution in [3.8, 4) is 0 Å². The summed E-state index contributed by atoms with van der Waals surface area (Å²) in [7, 11) is 2.70. The summed E-state index contributed by atoms with van der Waals surface area (Å²) in [5, 5.41) is 13.5. The molecule has 0 aliphatic rings. The van der Waals surface area contributed by atoms with Crippen molar-refractivity contribution in [1.29, 1.82) is 0 Å². The van der Waals surface area contributed by atoms with E-state index in [0.717, 1.165) is 24.8 Å². The second-order valence-corrected chi connectivity index (χ2v) is 2.65. The zero-order chi connectivity index (χ0) is 7.23. The average Bonchev–Trinajstić information content (AvgIpc) is 2.41. The van der Waals surface area contributed by atoms with E-state index in [1.807, 2.05) is 0 Å². The van der Waals surface area contributed by atoms with Gasteiger partial charge in [-0.25, -0.2) is 0 Å². The fourth-order valence-corrected chi connectivity index (χ4v) is 1.00. The lowest BCUT2D eigenvalue weighted by atomic mass is 10.2. The van der Waals surface area contributed by atoms with E-state index in [4.69, 9.17) is 0 Å². The van der Waals surface area contributed by atoms with Crippen LogP contribution >= 0.6 is 9.24 Å². The van der Waals surface area contributed by atoms with Gasteiger partial charge in [-0.05, 0) is 19.0 Å². The van der Waals surface area contributed by atoms with Gasteiger partial charge in [0.15, 0.2) is 5.82 Å². The van der Waals surface area contributed by atoms with Gasteiger partial charge in [0.2, 0.25) is 0 Å². The van der Waals surface area contributed by atoms with Crippen molar-refractivity contribution < 1.29 is 0 Å². The monoisotopic (exact) mass is 158 g/mol. The number of nitrogens with zero attached hydrogens (tertiary/aromatic N) is 3. The highest BCUT2D eigenvalue weighted by atomic mass is 31.0. The predicted octanol–water partition coefficient (Wildman–Crippen LogP) is 0.397. The first-order valence-electron chi connectivity index (χ1n) is 3.36. The number of unbranched alkanes of at least 4 members (excludes halogenated alkanes) is 1. The lowest BCUT2D eigenvalue weighted by Gasteiger charge is -1.90. The van der Waals surface area contributed by atoms with E-state index in [1.165, 1.54) is 6.42 Å². The summed E-state index contributed by atoms with van der Waals surface area (Å²) >= 11 is 0. The Hall–Kier alpha value is -0.500. The maximum absolute atomic E-state index is 3.83. The number of aromatic nitrogens is 4. The fraction of sp³-hybridized carbons (Fsp3) is 0.800. The quantitative estimate of drug-likeness (QED) is 0.509. The molecule has 0 saturated heterocycles. The van der Waals surface area contributed by atoms with Gasteiger partial charge < -0.3 is 0 Å². The van der Waals surface area contributed by atoms with Crippen molar-refractivity contribution in [3.63, 3.8) is 0 Å². The molecule has 0 amide bonds. The lowest BCUT2D eigenvalue weighted by Crippen LogP contribution is -1.88. The molecule has 5 heteroatoms. The van der Waals surface area contributed by atoms with E-state index in [2.05, 4.69) is 29.9 Å². The minimum atomic E-state index is 0.818. The summed E-state index contributed by atoms with van der Waals surface area (Å²) in [6.07, 6.45) is 4.44. The third-order valence-electron chi connectivity index (χ3n) is 1.24. The molecule has 0 aliphatic carbocycles. The van der Waals surface area contributed by atoms with E-state index in [1.54, 1.807) is 0 Å². The molecule has 1 unspecified atom stereocenters. The molecule has 0 radical (unpaired) electrons. The van der Waals surface area contributed by atoms with Crippen LogP contribution < -0.4 is 0 Å². The topological polar surface area (TPSA) is 54.5 Å². The molecule has 1 heterocycles. The van der Waals surface area contributed by atoms with Crippen molar-refractivity contribution in [2.24, 2.45) is 0 Å². The summed E-state index contributed by atoms with van der Waals surface area (Å²) in [5.41, 5.74) is 0. The van der Waals surface area contributed by atoms with Crippen LogP contribution in [0.4, 0.5) is 0 Å². The SMILES string of the molecule is PCCCCc1nn[nH]n1. The predicted molar refractivity (Wildman–Crippen MR) is 41.7 cm³/mol. The van der Waals surface area contributed by atoms with Crippen LogP contribution in [-0.2, 0) is 6.42 Å². The summed E-state index contributed by atoms with van der Waals surface area (Å²) < 4.78 is 0. The molecular weight excluding hydrogens is 147 g/mol. The summed E-state index contributed by atoms with van der Waals surface area (Å²) in [5.74, 6) is 0.818. The molecule has 1 aromatic heterocycles. The maximum Gasteiger partial charge on any atom is 0.174 e. The molecule has 0 aliphatic heterocycles. The number of H-pyrrole nitrogens is 1.